The highest BCUT2D eigenvalue weighted by atomic mass is 16.2. The molecule has 0 aliphatic carbocycles. The number of hydrogen-bond acceptors (Lipinski definition) is 5. The lowest BCUT2D eigenvalue weighted by Crippen LogP contribution is -2.35. The van der Waals surface area contributed by atoms with Crippen LogP contribution in [0.4, 0.5) is 11.5 Å². The summed E-state index contributed by atoms with van der Waals surface area (Å²) in [6, 6.07) is 10.8. The van der Waals surface area contributed by atoms with Gasteiger partial charge in [0.05, 0.1) is 11.3 Å². The number of amides is 2. The second kappa shape index (κ2) is 9.09. The van der Waals surface area contributed by atoms with Crippen LogP contribution in [0.15, 0.2) is 42.5 Å². The first-order valence-electron chi connectivity index (χ1n) is 10.5. The highest BCUT2D eigenvalue weighted by molar-refractivity contribution is 5.99. The van der Waals surface area contributed by atoms with Crippen molar-refractivity contribution < 1.29 is 9.59 Å². The first-order valence-corrected chi connectivity index (χ1v) is 10.5. The van der Waals surface area contributed by atoms with Crippen LogP contribution >= 0.6 is 0 Å². The van der Waals surface area contributed by atoms with Gasteiger partial charge >= 0.3 is 0 Å². The van der Waals surface area contributed by atoms with Crippen LogP contribution in [0.25, 0.3) is 5.57 Å². The minimum atomic E-state index is -0.535. The molecule has 1 saturated heterocycles. The van der Waals surface area contributed by atoms with Crippen LogP contribution in [0.5, 0.6) is 0 Å². The van der Waals surface area contributed by atoms with Crippen LogP contribution in [0, 0.1) is 0 Å². The molecule has 2 aliphatic heterocycles. The molecular weight excluding hydrogens is 378 g/mol. The Labute approximate surface area is 176 Å². The summed E-state index contributed by atoms with van der Waals surface area (Å²) in [5.41, 5.74) is 9.28. The van der Waals surface area contributed by atoms with Crippen molar-refractivity contribution >= 4 is 28.9 Å². The van der Waals surface area contributed by atoms with E-state index >= 15 is 0 Å². The highest BCUT2D eigenvalue weighted by Gasteiger charge is 2.18. The van der Waals surface area contributed by atoms with Gasteiger partial charge in [0.1, 0.15) is 5.82 Å². The summed E-state index contributed by atoms with van der Waals surface area (Å²) in [5.74, 6) is -0.0423. The van der Waals surface area contributed by atoms with Gasteiger partial charge in [-0.05, 0) is 74.2 Å². The zero-order chi connectivity index (χ0) is 20.9. The molecule has 1 fully saturated rings. The molecule has 2 aliphatic rings. The standard InChI is InChI=1S/C23H27N5O2/c24-21(29)19-8-9-20(16-10-12-25-13-11-16)27-22(19)26-18-6-4-17(5-7-18)23(30)28-14-2-1-3-15-28/h4-10,25H,1-3,11-15H2,(H2,24,29)(H,26,27). The first kappa shape index (κ1) is 20.1. The van der Waals surface area contributed by atoms with E-state index in [1.807, 2.05) is 35.2 Å². The number of hydrogen-bond donors (Lipinski definition) is 3. The second-order valence-electron chi connectivity index (χ2n) is 7.70. The van der Waals surface area contributed by atoms with Gasteiger partial charge in [0.25, 0.3) is 11.8 Å². The van der Waals surface area contributed by atoms with E-state index in [-0.39, 0.29) is 5.91 Å². The molecule has 0 saturated carbocycles. The predicted molar refractivity (Wildman–Crippen MR) is 118 cm³/mol. The van der Waals surface area contributed by atoms with Gasteiger partial charge in [0.15, 0.2) is 0 Å². The minimum Gasteiger partial charge on any atom is -0.365 e. The number of anilines is 2. The van der Waals surface area contributed by atoms with Gasteiger partial charge in [0.2, 0.25) is 0 Å². The fourth-order valence-corrected chi connectivity index (χ4v) is 3.90. The van der Waals surface area contributed by atoms with Crippen LogP contribution in [0.1, 0.15) is 52.1 Å². The van der Waals surface area contributed by atoms with Gasteiger partial charge < -0.3 is 21.3 Å². The van der Waals surface area contributed by atoms with E-state index in [4.69, 9.17) is 5.73 Å². The monoisotopic (exact) mass is 405 g/mol. The summed E-state index contributed by atoms with van der Waals surface area (Å²) in [4.78, 5) is 31.1. The smallest absolute Gasteiger partial charge is 0.253 e. The molecule has 0 atom stereocenters. The SMILES string of the molecule is NC(=O)c1ccc(C2=CCNCC2)nc1Nc1ccc(C(=O)N2CCCCC2)cc1. The van der Waals surface area contributed by atoms with E-state index in [1.165, 1.54) is 6.42 Å². The van der Waals surface area contributed by atoms with Gasteiger partial charge in [-0.2, -0.15) is 0 Å². The molecule has 2 amide bonds. The zero-order valence-corrected chi connectivity index (χ0v) is 17.0. The Bertz CT molecular complexity index is 962. The van der Waals surface area contributed by atoms with Crippen molar-refractivity contribution in [1.82, 2.24) is 15.2 Å². The third-order valence-electron chi connectivity index (χ3n) is 5.59. The van der Waals surface area contributed by atoms with E-state index < -0.39 is 5.91 Å². The maximum atomic E-state index is 12.7. The summed E-state index contributed by atoms with van der Waals surface area (Å²) < 4.78 is 0. The fourth-order valence-electron chi connectivity index (χ4n) is 3.90. The zero-order valence-electron chi connectivity index (χ0n) is 17.0. The summed E-state index contributed by atoms with van der Waals surface area (Å²) in [5, 5.41) is 6.48. The summed E-state index contributed by atoms with van der Waals surface area (Å²) in [6.07, 6.45) is 6.32. The number of piperidine rings is 1. The number of pyridine rings is 1. The van der Waals surface area contributed by atoms with Crippen LogP contribution in [0.2, 0.25) is 0 Å². The predicted octanol–water partition coefficient (Wildman–Crippen LogP) is 2.93. The molecule has 0 radical (unpaired) electrons. The Morgan fingerprint density at radius 1 is 1.03 bits per heavy atom. The number of carbonyl (C=O) groups excluding carboxylic acids is 2. The molecule has 0 bridgehead atoms. The van der Waals surface area contributed by atoms with Crippen molar-refractivity contribution in [3.63, 3.8) is 0 Å². The number of nitrogens with two attached hydrogens (primary N) is 1. The quantitative estimate of drug-likeness (QED) is 0.710. The lowest BCUT2D eigenvalue weighted by atomic mass is 10.0. The van der Waals surface area contributed by atoms with Gasteiger partial charge in [-0.1, -0.05) is 6.08 Å². The topological polar surface area (TPSA) is 100 Å². The lowest BCUT2D eigenvalue weighted by molar-refractivity contribution is 0.0724. The number of primary amides is 1. The maximum Gasteiger partial charge on any atom is 0.253 e. The van der Waals surface area contributed by atoms with Crippen molar-refractivity contribution in [3.8, 4) is 0 Å². The summed E-state index contributed by atoms with van der Waals surface area (Å²) in [7, 11) is 0. The average molecular weight is 406 g/mol. The van der Waals surface area contributed by atoms with Crippen molar-refractivity contribution in [2.45, 2.75) is 25.7 Å². The number of nitrogens with zero attached hydrogens (tertiary/aromatic N) is 2. The molecule has 3 heterocycles. The molecule has 4 rings (SSSR count). The Morgan fingerprint density at radius 2 is 1.80 bits per heavy atom. The van der Waals surface area contributed by atoms with Crippen molar-refractivity contribution in [3.05, 3.63) is 59.3 Å². The van der Waals surface area contributed by atoms with E-state index in [9.17, 15) is 9.59 Å². The van der Waals surface area contributed by atoms with Gasteiger partial charge in [0, 0.05) is 30.9 Å². The van der Waals surface area contributed by atoms with Crippen LogP contribution < -0.4 is 16.4 Å². The third-order valence-corrected chi connectivity index (χ3v) is 5.59. The molecular formula is C23H27N5O2. The normalized spacial score (nSPS) is 16.7. The largest absolute Gasteiger partial charge is 0.365 e. The van der Waals surface area contributed by atoms with E-state index in [0.717, 1.165) is 62.4 Å². The molecule has 0 unspecified atom stereocenters. The lowest BCUT2D eigenvalue weighted by Gasteiger charge is -2.26. The first-order chi connectivity index (χ1) is 14.6. The third kappa shape index (κ3) is 4.52. The van der Waals surface area contributed by atoms with Gasteiger partial charge in [-0.15, -0.1) is 0 Å². The average Bonchev–Trinajstić information content (AvgIpc) is 2.80. The Balaban J connectivity index is 1.54. The number of rotatable bonds is 5. The van der Waals surface area contributed by atoms with Crippen molar-refractivity contribution in [2.24, 2.45) is 5.73 Å². The Kier molecular flexibility index (Phi) is 6.09. The fraction of sp³-hybridized carbons (Fsp3) is 0.348. The molecule has 1 aromatic carbocycles. The van der Waals surface area contributed by atoms with E-state index in [2.05, 4.69) is 21.7 Å². The van der Waals surface area contributed by atoms with Crippen molar-refractivity contribution in [2.75, 3.05) is 31.5 Å². The number of carbonyl (C=O) groups is 2. The van der Waals surface area contributed by atoms with Gasteiger partial charge in [-0.25, -0.2) is 4.98 Å². The Hall–Kier alpha value is -3.19. The molecule has 7 nitrogen and oxygen atoms in total. The molecule has 156 valence electrons. The minimum absolute atomic E-state index is 0.0667. The van der Waals surface area contributed by atoms with Crippen LogP contribution in [-0.2, 0) is 0 Å². The van der Waals surface area contributed by atoms with Gasteiger partial charge in [-0.3, -0.25) is 9.59 Å². The summed E-state index contributed by atoms with van der Waals surface area (Å²) in [6.45, 7) is 3.36. The van der Waals surface area contributed by atoms with E-state index in [1.54, 1.807) is 6.07 Å². The van der Waals surface area contributed by atoms with Crippen molar-refractivity contribution in [1.29, 1.82) is 0 Å². The Morgan fingerprint density at radius 3 is 2.47 bits per heavy atom. The molecule has 0 spiro atoms. The van der Waals surface area contributed by atoms with Crippen LogP contribution in [0.3, 0.4) is 0 Å². The second-order valence-corrected chi connectivity index (χ2v) is 7.70. The number of likely N-dealkylation sites (tertiary alicyclic amines) is 1. The molecule has 30 heavy (non-hydrogen) atoms. The summed E-state index contributed by atoms with van der Waals surface area (Å²) >= 11 is 0. The molecule has 2 aromatic rings. The molecule has 1 aromatic heterocycles. The van der Waals surface area contributed by atoms with Crippen LogP contribution in [-0.4, -0.2) is 47.9 Å². The number of aromatic nitrogens is 1. The number of benzene rings is 1. The molecule has 7 heteroatoms. The highest BCUT2D eigenvalue weighted by Crippen LogP contribution is 2.25. The van der Waals surface area contributed by atoms with E-state index in [0.29, 0.717) is 16.9 Å². The molecule has 4 N–H and O–H groups in total. The maximum absolute atomic E-state index is 12.7. The number of nitrogens with one attached hydrogen (secondary N) is 2.